The summed E-state index contributed by atoms with van der Waals surface area (Å²) >= 11 is 0. The molecule has 0 radical (unpaired) electrons. The van der Waals surface area contributed by atoms with Crippen LogP contribution in [0.2, 0.25) is 0 Å². The number of likely N-dealkylation sites (N-methyl/N-ethyl adjacent to an activating group) is 1. The van der Waals surface area contributed by atoms with Crippen LogP contribution in [0, 0.1) is 5.92 Å². The number of benzene rings is 1. The largest absolute Gasteiger partial charge is 0.343 e. The smallest absolute Gasteiger partial charge is 0.327 e. The molecule has 1 aromatic carbocycles. The van der Waals surface area contributed by atoms with E-state index in [0.29, 0.717) is 12.5 Å². The molecule has 0 aromatic heterocycles. The Bertz CT molecular complexity index is 727. The lowest BCUT2D eigenvalue weighted by Gasteiger charge is -2.46. The highest BCUT2D eigenvalue weighted by molar-refractivity contribution is 6.00. The molecule has 28 heavy (non-hydrogen) atoms. The van der Waals surface area contributed by atoms with E-state index in [9.17, 15) is 9.59 Å². The van der Waals surface area contributed by atoms with Crippen LogP contribution in [0.15, 0.2) is 30.3 Å². The van der Waals surface area contributed by atoms with Gasteiger partial charge in [0.15, 0.2) is 0 Å². The number of fused-ring (bicyclic) bond motifs is 3. The van der Waals surface area contributed by atoms with E-state index in [0.717, 1.165) is 38.0 Å². The lowest BCUT2D eigenvalue weighted by atomic mass is 10.0. The molecular weight excluding hydrogens is 354 g/mol. The molecule has 3 heterocycles. The van der Waals surface area contributed by atoms with Crippen molar-refractivity contribution in [1.82, 2.24) is 20.0 Å². The van der Waals surface area contributed by atoms with Crippen molar-refractivity contribution in [3.8, 4) is 0 Å². The SMILES string of the molecule is CCCCCN1C(=O)C2C(NC3N(c4ccccc4)CC(C)CN23)N(C)C1=O. The van der Waals surface area contributed by atoms with Crippen molar-refractivity contribution in [2.75, 3.05) is 31.6 Å². The van der Waals surface area contributed by atoms with Gasteiger partial charge in [-0.25, -0.2) is 4.79 Å². The summed E-state index contributed by atoms with van der Waals surface area (Å²) in [5.74, 6) is 0.377. The van der Waals surface area contributed by atoms with Crippen molar-refractivity contribution in [2.24, 2.45) is 5.92 Å². The molecule has 152 valence electrons. The number of carbonyl (C=O) groups excluding carboxylic acids is 2. The van der Waals surface area contributed by atoms with Gasteiger partial charge in [-0.15, -0.1) is 0 Å². The number of nitrogens with zero attached hydrogens (tertiary/aromatic N) is 4. The molecule has 0 spiro atoms. The summed E-state index contributed by atoms with van der Waals surface area (Å²) < 4.78 is 0. The third-order valence-corrected chi connectivity index (χ3v) is 6.16. The van der Waals surface area contributed by atoms with Crippen LogP contribution in [0.1, 0.15) is 33.1 Å². The van der Waals surface area contributed by atoms with E-state index in [4.69, 9.17) is 0 Å². The highest BCUT2D eigenvalue weighted by Gasteiger charge is 2.56. The number of anilines is 1. The van der Waals surface area contributed by atoms with Crippen LogP contribution in [0.4, 0.5) is 10.5 Å². The predicted octanol–water partition coefficient (Wildman–Crippen LogP) is 2.11. The van der Waals surface area contributed by atoms with Gasteiger partial charge in [0.05, 0.1) is 0 Å². The van der Waals surface area contributed by atoms with Crippen LogP contribution in [0.3, 0.4) is 0 Å². The molecule has 3 amide bonds. The first-order chi connectivity index (χ1) is 13.5. The zero-order valence-electron chi connectivity index (χ0n) is 17.0. The van der Waals surface area contributed by atoms with E-state index >= 15 is 0 Å². The van der Waals surface area contributed by atoms with Gasteiger partial charge in [0.1, 0.15) is 18.5 Å². The topological polar surface area (TPSA) is 59.1 Å². The van der Waals surface area contributed by atoms with Gasteiger partial charge < -0.3 is 9.80 Å². The molecule has 4 atom stereocenters. The molecule has 3 aliphatic heterocycles. The molecule has 1 aromatic rings. The maximum absolute atomic E-state index is 13.3. The summed E-state index contributed by atoms with van der Waals surface area (Å²) in [6.45, 7) is 6.62. The Labute approximate surface area is 167 Å². The highest BCUT2D eigenvalue weighted by atomic mass is 16.2. The van der Waals surface area contributed by atoms with Crippen molar-refractivity contribution in [3.63, 3.8) is 0 Å². The van der Waals surface area contributed by atoms with Crippen molar-refractivity contribution >= 4 is 17.6 Å². The molecule has 7 nitrogen and oxygen atoms in total. The maximum atomic E-state index is 13.3. The quantitative estimate of drug-likeness (QED) is 0.787. The van der Waals surface area contributed by atoms with Gasteiger partial charge in [-0.1, -0.05) is 44.9 Å². The first-order valence-corrected chi connectivity index (χ1v) is 10.4. The van der Waals surface area contributed by atoms with Crippen molar-refractivity contribution in [3.05, 3.63) is 30.3 Å². The number of imide groups is 1. The third kappa shape index (κ3) is 3.16. The Morgan fingerprint density at radius 1 is 1.11 bits per heavy atom. The van der Waals surface area contributed by atoms with Gasteiger partial charge in [0, 0.05) is 32.4 Å². The number of nitrogens with one attached hydrogen (secondary N) is 1. The number of para-hydroxylation sites is 1. The normalized spacial score (nSPS) is 30.6. The molecule has 1 N–H and O–H groups in total. The van der Waals surface area contributed by atoms with Crippen LogP contribution >= 0.6 is 0 Å². The fourth-order valence-corrected chi connectivity index (χ4v) is 4.76. The van der Waals surface area contributed by atoms with E-state index in [1.807, 2.05) is 18.2 Å². The van der Waals surface area contributed by atoms with Gasteiger partial charge in [0.25, 0.3) is 5.91 Å². The zero-order chi connectivity index (χ0) is 19.8. The molecule has 7 heteroatoms. The fraction of sp³-hybridized carbons (Fsp3) is 0.619. The van der Waals surface area contributed by atoms with Crippen molar-refractivity contribution in [1.29, 1.82) is 0 Å². The molecule has 3 aliphatic rings. The lowest BCUT2D eigenvalue weighted by Crippen LogP contribution is -2.66. The fourth-order valence-electron chi connectivity index (χ4n) is 4.76. The third-order valence-electron chi connectivity index (χ3n) is 6.16. The maximum Gasteiger partial charge on any atom is 0.327 e. The average Bonchev–Trinajstić information content (AvgIpc) is 3.08. The predicted molar refractivity (Wildman–Crippen MR) is 109 cm³/mol. The zero-order valence-corrected chi connectivity index (χ0v) is 17.0. The Kier molecular flexibility index (Phi) is 5.29. The summed E-state index contributed by atoms with van der Waals surface area (Å²) in [6.07, 6.45) is 2.59. The number of amides is 3. The van der Waals surface area contributed by atoms with Crippen LogP contribution in [-0.4, -0.2) is 71.8 Å². The van der Waals surface area contributed by atoms with Gasteiger partial charge >= 0.3 is 6.03 Å². The van der Waals surface area contributed by atoms with Crippen LogP contribution < -0.4 is 10.2 Å². The lowest BCUT2D eigenvalue weighted by molar-refractivity contribution is -0.138. The Morgan fingerprint density at radius 3 is 2.57 bits per heavy atom. The second kappa shape index (κ2) is 7.72. The first kappa shape index (κ1) is 19.2. The van der Waals surface area contributed by atoms with E-state index in [1.54, 1.807) is 11.9 Å². The van der Waals surface area contributed by atoms with Gasteiger partial charge in [0.2, 0.25) is 0 Å². The van der Waals surface area contributed by atoms with E-state index in [-0.39, 0.29) is 30.4 Å². The van der Waals surface area contributed by atoms with Crippen molar-refractivity contribution in [2.45, 2.75) is 51.6 Å². The summed E-state index contributed by atoms with van der Waals surface area (Å²) in [4.78, 5) is 33.9. The van der Waals surface area contributed by atoms with Gasteiger partial charge in [-0.05, 0) is 24.5 Å². The van der Waals surface area contributed by atoms with Crippen molar-refractivity contribution < 1.29 is 9.59 Å². The van der Waals surface area contributed by atoms with Crippen LogP contribution in [-0.2, 0) is 4.79 Å². The average molecular weight is 386 g/mol. The molecule has 0 saturated carbocycles. The summed E-state index contributed by atoms with van der Waals surface area (Å²) in [5.41, 5.74) is 1.14. The minimum absolute atomic E-state index is 0.0543. The van der Waals surface area contributed by atoms with E-state index in [2.05, 4.69) is 41.1 Å². The molecule has 3 saturated heterocycles. The molecule has 0 aliphatic carbocycles. The number of rotatable bonds is 5. The summed E-state index contributed by atoms with van der Waals surface area (Å²) in [5, 5.41) is 3.57. The second-order valence-electron chi connectivity index (χ2n) is 8.31. The van der Waals surface area contributed by atoms with Crippen LogP contribution in [0.5, 0.6) is 0 Å². The number of urea groups is 1. The minimum Gasteiger partial charge on any atom is -0.343 e. The minimum atomic E-state index is -0.330. The summed E-state index contributed by atoms with van der Waals surface area (Å²) in [7, 11) is 1.81. The number of unbranched alkanes of at least 4 members (excludes halogenated alkanes) is 2. The molecule has 0 bridgehead atoms. The Balaban J connectivity index is 1.61. The number of hydrogen-bond donors (Lipinski definition) is 1. The number of carbonyl (C=O) groups is 2. The van der Waals surface area contributed by atoms with E-state index < -0.39 is 0 Å². The first-order valence-electron chi connectivity index (χ1n) is 10.4. The second-order valence-corrected chi connectivity index (χ2v) is 8.31. The van der Waals surface area contributed by atoms with Crippen LogP contribution in [0.25, 0.3) is 0 Å². The molecule has 3 fully saturated rings. The van der Waals surface area contributed by atoms with Gasteiger partial charge in [-0.3, -0.25) is 19.9 Å². The standard InChI is InChI=1S/C21H31N5O2/c1-4-5-9-12-24-19(27)17-18(23(3)21(24)28)22-20-25(13-15(2)14-26(17)20)16-10-7-6-8-11-16/h6-8,10-11,15,17-18,20,22H,4-5,9,12-14H2,1-3H3. The summed E-state index contributed by atoms with van der Waals surface area (Å²) in [6, 6.07) is 9.79. The molecular formula is C21H31N5O2. The Morgan fingerprint density at radius 2 is 1.86 bits per heavy atom. The highest BCUT2D eigenvalue weighted by Crippen LogP contribution is 2.34. The Hall–Kier alpha value is -2.12. The molecule has 4 rings (SSSR count). The molecule has 4 unspecified atom stereocenters. The number of hydrogen-bond acceptors (Lipinski definition) is 5. The van der Waals surface area contributed by atoms with Gasteiger partial charge in [-0.2, -0.15) is 0 Å². The monoisotopic (exact) mass is 385 g/mol. The van der Waals surface area contributed by atoms with E-state index in [1.165, 1.54) is 4.90 Å².